The molecule has 0 radical (unpaired) electrons. The van der Waals surface area contributed by atoms with Crippen molar-refractivity contribution in [3.05, 3.63) is 77.8 Å². The Morgan fingerprint density at radius 2 is 1.88 bits per heavy atom. The van der Waals surface area contributed by atoms with E-state index in [1.54, 1.807) is 0 Å². The SMILES string of the molecule is C=NC(=C(\F)C(=C)c1cccc2ccccc12)/C(=C\C)C(=NCCCC(N)CC)NCCCC. The van der Waals surface area contributed by atoms with Crippen LogP contribution in [0.25, 0.3) is 16.3 Å². The van der Waals surface area contributed by atoms with Gasteiger partial charge in [-0.3, -0.25) is 9.98 Å². The van der Waals surface area contributed by atoms with Gasteiger partial charge in [-0.2, -0.15) is 0 Å². The monoisotopic (exact) mass is 462 g/mol. The molecule has 1 unspecified atom stereocenters. The Morgan fingerprint density at radius 3 is 2.56 bits per heavy atom. The van der Waals surface area contributed by atoms with Gasteiger partial charge in [-0.1, -0.05) is 75.4 Å². The van der Waals surface area contributed by atoms with E-state index in [9.17, 15) is 0 Å². The highest BCUT2D eigenvalue weighted by Crippen LogP contribution is 2.33. The smallest absolute Gasteiger partial charge is 0.156 e. The Bertz CT molecular complexity index is 1060. The summed E-state index contributed by atoms with van der Waals surface area (Å²) >= 11 is 0. The summed E-state index contributed by atoms with van der Waals surface area (Å²) in [6.45, 7) is 15.2. The predicted molar refractivity (Wildman–Crippen MR) is 147 cm³/mol. The quantitative estimate of drug-likeness (QED) is 0.146. The fourth-order valence-electron chi connectivity index (χ4n) is 3.78. The molecule has 0 saturated heterocycles. The van der Waals surface area contributed by atoms with Crippen molar-refractivity contribution < 1.29 is 4.39 Å². The van der Waals surface area contributed by atoms with E-state index in [1.807, 2.05) is 55.5 Å². The van der Waals surface area contributed by atoms with E-state index in [0.29, 0.717) is 18.0 Å². The fourth-order valence-corrected chi connectivity index (χ4v) is 3.78. The minimum atomic E-state index is -0.502. The van der Waals surface area contributed by atoms with E-state index in [0.717, 1.165) is 55.0 Å². The molecule has 1 atom stereocenters. The summed E-state index contributed by atoms with van der Waals surface area (Å²) in [5.74, 6) is 0.127. The Kier molecular flexibility index (Phi) is 11.4. The van der Waals surface area contributed by atoms with Gasteiger partial charge in [0.2, 0.25) is 0 Å². The zero-order valence-corrected chi connectivity index (χ0v) is 20.9. The lowest BCUT2D eigenvalue weighted by Gasteiger charge is -2.16. The van der Waals surface area contributed by atoms with Crippen molar-refractivity contribution in [2.75, 3.05) is 13.1 Å². The highest BCUT2D eigenvalue weighted by molar-refractivity contribution is 6.04. The Hall–Kier alpha value is -3.05. The topological polar surface area (TPSA) is 62.8 Å². The summed E-state index contributed by atoms with van der Waals surface area (Å²) in [6.07, 6.45) is 6.59. The molecule has 182 valence electrons. The summed E-state index contributed by atoms with van der Waals surface area (Å²) in [4.78, 5) is 8.86. The van der Waals surface area contributed by atoms with Gasteiger partial charge < -0.3 is 11.1 Å². The first kappa shape index (κ1) is 27.2. The number of nitrogens with zero attached hydrogens (tertiary/aromatic N) is 2. The molecule has 34 heavy (non-hydrogen) atoms. The van der Waals surface area contributed by atoms with Crippen molar-refractivity contribution >= 4 is 28.9 Å². The van der Waals surface area contributed by atoms with Gasteiger partial charge in [0.15, 0.2) is 5.83 Å². The van der Waals surface area contributed by atoms with E-state index >= 15 is 4.39 Å². The first-order chi connectivity index (χ1) is 16.5. The second-order valence-electron chi connectivity index (χ2n) is 8.35. The number of hydrogen-bond acceptors (Lipinski definition) is 3. The van der Waals surface area contributed by atoms with Crippen molar-refractivity contribution in [2.24, 2.45) is 15.7 Å². The maximum Gasteiger partial charge on any atom is 0.156 e. The molecule has 5 heteroatoms. The van der Waals surface area contributed by atoms with Gasteiger partial charge in [0, 0.05) is 30.3 Å². The molecule has 0 bridgehead atoms. The number of nitrogens with one attached hydrogen (secondary N) is 1. The number of hydrogen-bond donors (Lipinski definition) is 2. The summed E-state index contributed by atoms with van der Waals surface area (Å²) in [5, 5.41) is 5.36. The van der Waals surface area contributed by atoms with E-state index < -0.39 is 5.83 Å². The minimum Gasteiger partial charge on any atom is -0.370 e. The summed E-state index contributed by atoms with van der Waals surface area (Å²) < 4.78 is 15.9. The van der Waals surface area contributed by atoms with Gasteiger partial charge in [0.1, 0.15) is 11.5 Å². The Morgan fingerprint density at radius 1 is 1.15 bits per heavy atom. The number of aliphatic imine (C=N–C) groups is 2. The van der Waals surface area contributed by atoms with Crippen LogP contribution in [0.5, 0.6) is 0 Å². The van der Waals surface area contributed by atoms with Gasteiger partial charge >= 0.3 is 0 Å². The predicted octanol–water partition coefficient (Wildman–Crippen LogP) is 6.99. The molecule has 0 amide bonds. The largest absolute Gasteiger partial charge is 0.370 e. The molecule has 0 aliphatic rings. The van der Waals surface area contributed by atoms with Crippen LogP contribution in [0.1, 0.15) is 58.4 Å². The Balaban J connectivity index is 2.42. The van der Waals surface area contributed by atoms with E-state index in [4.69, 9.17) is 10.7 Å². The highest BCUT2D eigenvalue weighted by Gasteiger charge is 2.19. The molecule has 0 fully saturated rings. The van der Waals surface area contributed by atoms with Crippen molar-refractivity contribution in [3.63, 3.8) is 0 Å². The third kappa shape index (κ3) is 7.22. The summed E-state index contributed by atoms with van der Waals surface area (Å²) in [5.41, 5.74) is 7.79. The number of amidine groups is 1. The van der Waals surface area contributed by atoms with Crippen LogP contribution in [0.3, 0.4) is 0 Å². The van der Waals surface area contributed by atoms with E-state index in [1.165, 1.54) is 0 Å². The average Bonchev–Trinajstić information content (AvgIpc) is 2.87. The van der Waals surface area contributed by atoms with Crippen LogP contribution in [-0.2, 0) is 0 Å². The third-order valence-electron chi connectivity index (χ3n) is 5.89. The van der Waals surface area contributed by atoms with Crippen LogP contribution in [0.2, 0.25) is 0 Å². The number of unbranched alkanes of at least 4 members (excludes halogenated alkanes) is 1. The van der Waals surface area contributed by atoms with Crippen LogP contribution in [0.4, 0.5) is 4.39 Å². The van der Waals surface area contributed by atoms with Crippen LogP contribution in [0.15, 0.2) is 82.2 Å². The molecule has 2 aromatic rings. The first-order valence-electron chi connectivity index (χ1n) is 12.2. The number of allylic oxidation sites excluding steroid dienone is 3. The van der Waals surface area contributed by atoms with Crippen LogP contribution >= 0.6 is 0 Å². The molecule has 0 aliphatic heterocycles. The van der Waals surface area contributed by atoms with Gasteiger partial charge in [-0.15, -0.1) is 0 Å². The average molecular weight is 463 g/mol. The van der Waals surface area contributed by atoms with Crippen molar-refractivity contribution in [1.29, 1.82) is 0 Å². The number of benzene rings is 2. The lowest BCUT2D eigenvalue weighted by Crippen LogP contribution is -2.28. The lowest BCUT2D eigenvalue weighted by molar-refractivity contribution is 0.573. The number of halogens is 1. The molecule has 3 N–H and O–H groups in total. The standard InChI is InChI=1S/C29H39FN4/c1-6-9-19-33-29(34-20-13-16-23(31)7-2)24(8-3)28(32-5)27(30)21(4)25-18-12-15-22-14-10-11-17-26(22)25/h8,10-12,14-15,17-18,23H,4-7,9,13,16,19-20,31H2,1-3H3,(H,33,34)/b24-8+,28-27-. The first-order valence-corrected chi connectivity index (χ1v) is 12.2. The maximum atomic E-state index is 15.9. The van der Waals surface area contributed by atoms with Crippen LogP contribution < -0.4 is 11.1 Å². The molecule has 4 nitrogen and oxygen atoms in total. The maximum absolute atomic E-state index is 15.9. The molecule has 2 aromatic carbocycles. The summed E-state index contributed by atoms with van der Waals surface area (Å²) in [6, 6.07) is 13.9. The number of rotatable bonds is 13. The zero-order chi connectivity index (χ0) is 24.9. The third-order valence-corrected chi connectivity index (χ3v) is 5.89. The van der Waals surface area contributed by atoms with Crippen LogP contribution in [-0.4, -0.2) is 31.7 Å². The van der Waals surface area contributed by atoms with Crippen LogP contribution in [0, 0.1) is 0 Å². The fraction of sp³-hybridized carbons (Fsp3) is 0.379. The van der Waals surface area contributed by atoms with Gasteiger partial charge in [0.05, 0.1) is 0 Å². The van der Waals surface area contributed by atoms with Crippen molar-refractivity contribution in [1.82, 2.24) is 5.32 Å². The Labute approximate surface area is 204 Å². The van der Waals surface area contributed by atoms with E-state index in [-0.39, 0.29) is 17.3 Å². The van der Waals surface area contributed by atoms with Gasteiger partial charge in [-0.25, -0.2) is 4.39 Å². The molecular weight excluding hydrogens is 423 g/mol. The second kappa shape index (κ2) is 14.3. The molecule has 0 saturated carbocycles. The number of fused-ring (bicyclic) bond motifs is 1. The molecule has 0 aliphatic carbocycles. The molecule has 0 spiro atoms. The normalized spacial score (nSPS) is 14.0. The second-order valence-corrected chi connectivity index (χ2v) is 8.35. The summed E-state index contributed by atoms with van der Waals surface area (Å²) in [7, 11) is 0. The molecular formula is C29H39FN4. The van der Waals surface area contributed by atoms with Gasteiger partial charge in [-0.05, 0) is 55.7 Å². The van der Waals surface area contributed by atoms with Crippen molar-refractivity contribution in [2.45, 2.75) is 58.9 Å². The molecule has 0 aromatic heterocycles. The van der Waals surface area contributed by atoms with E-state index in [2.05, 4.69) is 37.5 Å². The zero-order valence-electron chi connectivity index (χ0n) is 20.9. The minimum absolute atomic E-state index is 0.147. The highest BCUT2D eigenvalue weighted by atomic mass is 19.1. The lowest BCUT2D eigenvalue weighted by atomic mass is 9.96. The van der Waals surface area contributed by atoms with Gasteiger partial charge in [0.25, 0.3) is 0 Å². The molecule has 0 heterocycles. The van der Waals surface area contributed by atoms with Crippen molar-refractivity contribution in [3.8, 4) is 0 Å². The number of nitrogens with two attached hydrogens (primary N) is 1. The molecule has 2 rings (SSSR count).